The highest BCUT2D eigenvalue weighted by Gasteiger charge is 2.29. The Hall–Kier alpha value is -2.85. The molecule has 1 fully saturated rings. The van der Waals surface area contributed by atoms with Crippen molar-refractivity contribution in [1.29, 1.82) is 0 Å². The van der Waals surface area contributed by atoms with Gasteiger partial charge in [0.05, 0.1) is 23.4 Å². The van der Waals surface area contributed by atoms with Gasteiger partial charge in [0.15, 0.2) is 0 Å². The Labute approximate surface area is 144 Å². The SMILES string of the molecule is O=[N+]([O-])c1c(Nc2cccnc2)ncnc1N1CCN(CCO)CC1. The van der Waals surface area contributed by atoms with Crippen molar-refractivity contribution in [2.75, 3.05) is 49.5 Å². The average molecular weight is 345 g/mol. The molecule has 0 saturated carbocycles. The highest BCUT2D eigenvalue weighted by Crippen LogP contribution is 2.33. The maximum absolute atomic E-state index is 11.6. The van der Waals surface area contributed by atoms with Gasteiger partial charge < -0.3 is 15.3 Å². The van der Waals surface area contributed by atoms with Crippen LogP contribution in [0.3, 0.4) is 0 Å². The van der Waals surface area contributed by atoms with Crippen molar-refractivity contribution in [1.82, 2.24) is 19.9 Å². The summed E-state index contributed by atoms with van der Waals surface area (Å²) in [6.07, 6.45) is 4.51. The quantitative estimate of drug-likeness (QED) is 0.574. The minimum atomic E-state index is -0.464. The minimum absolute atomic E-state index is 0.104. The van der Waals surface area contributed by atoms with E-state index in [2.05, 4.69) is 25.2 Å². The lowest BCUT2D eigenvalue weighted by atomic mass is 10.3. The fourth-order valence-electron chi connectivity index (χ4n) is 2.76. The molecule has 10 heteroatoms. The first-order valence-corrected chi connectivity index (χ1v) is 7.93. The molecule has 1 aliphatic heterocycles. The topological polar surface area (TPSA) is 121 Å². The molecule has 0 bridgehead atoms. The lowest BCUT2D eigenvalue weighted by Gasteiger charge is -2.34. The number of aliphatic hydroxyl groups is 1. The summed E-state index contributed by atoms with van der Waals surface area (Å²) >= 11 is 0. The van der Waals surface area contributed by atoms with Gasteiger partial charge in [0.25, 0.3) is 0 Å². The van der Waals surface area contributed by atoms with Gasteiger partial charge in [-0.25, -0.2) is 9.97 Å². The van der Waals surface area contributed by atoms with E-state index in [4.69, 9.17) is 5.11 Å². The van der Waals surface area contributed by atoms with E-state index in [0.29, 0.717) is 44.2 Å². The molecule has 0 spiro atoms. The standard InChI is InChI=1S/C15H19N7O3/c23-9-8-20-4-6-21(7-5-20)15-13(22(24)25)14(17-11-18-15)19-12-2-1-3-16-10-12/h1-3,10-11,23H,4-9H2,(H,17,18,19). The van der Waals surface area contributed by atoms with Crippen molar-refractivity contribution >= 4 is 23.0 Å². The Kier molecular flexibility index (Phi) is 5.31. The molecule has 0 aliphatic carbocycles. The second kappa shape index (κ2) is 7.81. The van der Waals surface area contributed by atoms with Crippen LogP contribution in [0.5, 0.6) is 0 Å². The number of nitrogens with zero attached hydrogens (tertiary/aromatic N) is 6. The number of rotatable bonds is 6. The molecule has 2 N–H and O–H groups in total. The fourth-order valence-corrected chi connectivity index (χ4v) is 2.76. The Morgan fingerprint density at radius 1 is 1.28 bits per heavy atom. The molecule has 0 atom stereocenters. The van der Waals surface area contributed by atoms with E-state index in [-0.39, 0.29) is 18.1 Å². The smallest absolute Gasteiger partial charge is 0.353 e. The summed E-state index contributed by atoms with van der Waals surface area (Å²) in [7, 11) is 0. The molecule has 132 valence electrons. The highest BCUT2D eigenvalue weighted by molar-refractivity contribution is 5.74. The Morgan fingerprint density at radius 3 is 2.72 bits per heavy atom. The summed E-state index contributed by atoms with van der Waals surface area (Å²) in [5.41, 5.74) is 0.463. The van der Waals surface area contributed by atoms with E-state index in [1.807, 2.05) is 4.90 Å². The number of aromatic nitrogens is 3. The summed E-state index contributed by atoms with van der Waals surface area (Å²) in [5, 5.41) is 23.6. The average Bonchev–Trinajstić information content (AvgIpc) is 2.63. The Morgan fingerprint density at radius 2 is 2.08 bits per heavy atom. The molecular weight excluding hydrogens is 326 g/mol. The van der Waals surface area contributed by atoms with E-state index in [1.165, 1.54) is 6.33 Å². The van der Waals surface area contributed by atoms with Gasteiger partial charge in [0, 0.05) is 38.9 Å². The van der Waals surface area contributed by atoms with Gasteiger partial charge >= 0.3 is 5.69 Å². The molecule has 1 saturated heterocycles. The molecule has 0 unspecified atom stereocenters. The van der Waals surface area contributed by atoms with Crippen LogP contribution in [0.25, 0.3) is 0 Å². The Bertz CT molecular complexity index is 720. The van der Waals surface area contributed by atoms with E-state index in [1.54, 1.807) is 24.5 Å². The predicted molar refractivity (Wildman–Crippen MR) is 91.9 cm³/mol. The molecule has 2 aromatic rings. The van der Waals surface area contributed by atoms with Crippen molar-refractivity contribution in [2.45, 2.75) is 0 Å². The van der Waals surface area contributed by atoms with Gasteiger partial charge in [0.2, 0.25) is 11.6 Å². The van der Waals surface area contributed by atoms with Gasteiger partial charge in [-0.3, -0.25) is 20.0 Å². The molecule has 1 aliphatic rings. The molecule has 3 heterocycles. The molecule has 25 heavy (non-hydrogen) atoms. The first kappa shape index (κ1) is 17.0. The van der Waals surface area contributed by atoms with Crippen LogP contribution in [0.2, 0.25) is 0 Å². The number of anilines is 3. The first-order chi connectivity index (χ1) is 12.2. The zero-order chi connectivity index (χ0) is 17.6. The van der Waals surface area contributed by atoms with Crippen LogP contribution in [-0.2, 0) is 0 Å². The number of β-amino-alcohol motifs (C(OH)–C–C–N with tert-alkyl or cyclic N) is 1. The van der Waals surface area contributed by atoms with Crippen molar-refractivity contribution in [3.63, 3.8) is 0 Å². The third kappa shape index (κ3) is 3.98. The molecular formula is C15H19N7O3. The second-order valence-electron chi connectivity index (χ2n) is 5.57. The van der Waals surface area contributed by atoms with Crippen LogP contribution >= 0.6 is 0 Å². The molecule has 0 amide bonds. The summed E-state index contributed by atoms with van der Waals surface area (Å²) in [6.45, 7) is 3.34. The number of piperazine rings is 1. The third-order valence-corrected chi connectivity index (χ3v) is 4.00. The van der Waals surface area contributed by atoms with Crippen LogP contribution in [-0.4, -0.2) is 69.2 Å². The maximum Gasteiger partial charge on any atom is 0.353 e. The first-order valence-electron chi connectivity index (χ1n) is 7.93. The zero-order valence-electron chi connectivity index (χ0n) is 13.6. The number of nitro groups is 1. The normalized spacial score (nSPS) is 15.2. The van der Waals surface area contributed by atoms with Crippen LogP contribution in [0.1, 0.15) is 0 Å². The zero-order valence-corrected chi connectivity index (χ0v) is 13.6. The number of nitrogens with one attached hydrogen (secondary N) is 1. The van der Waals surface area contributed by atoms with Crippen molar-refractivity contribution in [2.24, 2.45) is 0 Å². The van der Waals surface area contributed by atoms with Crippen molar-refractivity contribution in [3.05, 3.63) is 41.0 Å². The molecule has 0 aromatic carbocycles. The lowest BCUT2D eigenvalue weighted by molar-refractivity contribution is -0.383. The van der Waals surface area contributed by atoms with E-state index >= 15 is 0 Å². The molecule has 2 aromatic heterocycles. The Balaban J connectivity index is 1.85. The minimum Gasteiger partial charge on any atom is -0.395 e. The van der Waals surface area contributed by atoms with Gasteiger partial charge in [0.1, 0.15) is 6.33 Å². The molecule has 0 radical (unpaired) electrons. The fraction of sp³-hybridized carbons (Fsp3) is 0.400. The summed E-state index contributed by atoms with van der Waals surface area (Å²) in [5.74, 6) is 0.441. The van der Waals surface area contributed by atoms with E-state index < -0.39 is 4.92 Å². The molecule has 10 nitrogen and oxygen atoms in total. The number of pyridine rings is 1. The highest BCUT2D eigenvalue weighted by atomic mass is 16.6. The van der Waals surface area contributed by atoms with Crippen LogP contribution in [0.15, 0.2) is 30.9 Å². The van der Waals surface area contributed by atoms with Gasteiger partial charge in [-0.05, 0) is 12.1 Å². The van der Waals surface area contributed by atoms with E-state index in [0.717, 1.165) is 0 Å². The number of hydrogen-bond donors (Lipinski definition) is 2. The second-order valence-corrected chi connectivity index (χ2v) is 5.57. The largest absolute Gasteiger partial charge is 0.395 e. The summed E-state index contributed by atoms with van der Waals surface area (Å²) < 4.78 is 0. The van der Waals surface area contributed by atoms with Gasteiger partial charge in [-0.1, -0.05) is 0 Å². The lowest BCUT2D eigenvalue weighted by Crippen LogP contribution is -2.47. The summed E-state index contributed by atoms with van der Waals surface area (Å²) in [4.78, 5) is 27.3. The van der Waals surface area contributed by atoms with Crippen LogP contribution in [0, 0.1) is 10.1 Å². The van der Waals surface area contributed by atoms with Crippen molar-refractivity contribution < 1.29 is 10.0 Å². The maximum atomic E-state index is 11.6. The third-order valence-electron chi connectivity index (χ3n) is 4.00. The van der Waals surface area contributed by atoms with E-state index in [9.17, 15) is 10.1 Å². The molecule has 3 rings (SSSR count). The predicted octanol–water partition coefficient (Wildman–Crippen LogP) is 0.638. The van der Waals surface area contributed by atoms with Crippen LogP contribution in [0.4, 0.5) is 23.0 Å². The van der Waals surface area contributed by atoms with Gasteiger partial charge in [-0.2, -0.15) is 0 Å². The number of hydrogen-bond acceptors (Lipinski definition) is 9. The van der Waals surface area contributed by atoms with Gasteiger partial charge in [-0.15, -0.1) is 0 Å². The van der Waals surface area contributed by atoms with Crippen molar-refractivity contribution in [3.8, 4) is 0 Å². The summed E-state index contributed by atoms with van der Waals surface area (Å²) in [6, 6.07) is 3.49. The van der Waals surface area contributed by atoms with Crippen LogP contribution < -0.4 is 10.2 Å². The monoisotopic (exact) mass is 345 g/mol. The number of aliphatic hydroxyl groups excluding tert-OH is 1.